The lowest BCUT2D eigenvalue weighted by molar-refractivity contribution is -0.113. The smallest absolute Gasteiger partial charge is 0.271 e. The van der Waals surface area contributed by atoms with Crippen LogP contribution >= 0.6 is 22.9 Å². The van der Waals surface area contributed by atoms with E-state index in [2.05, 4.69) is 17.2 Å². The highest BCUT2D eigenvalue weighted by Crippen LogP contribution is 2.31. The van der Waals surface area contributed by atoms with Crippen molar-refractivity contribution < 1.29 is 9.53 Å². The number of thiazole rings is 1. The molecule has 1 aliphatic heterocycles. The molecular weight excluding hydrogens is 518 g/mol. The van der Waals surface area contributed by atoms with Gasteiger partial charge in [-0.15, -0.1) is 0 Å². The number of anilines is 1. The molecule has 38 heavy (non-hydrogen) atoms. The summed E-state index contributed by atoms with van der Waals surface area (Å²) in [5.41, 5.74) is 3.07. The predicted molar refractivity (Wildman–Crippen MR) is 153 cm³/mol. The van der Waals surface area contributed by atoms with Gasteiger partial charge < -0.3 is 10.1 Å². The summed E-state index contributed by atoms with van der Waals surface area (Å²) in [6.07, 6.45) is 2.78. The zero-order valence-electron chi connectivity index (χ0n) is 21.0. The van der Waals surface area contributed by atoms with Crippen molar-refractivity contribution in [2.75, 3.05) is 11.9 Å². The van der Waals surface area contributed by atoms with Gasteiger partial charge in [-0.1, -0.05) is 72.3 Å². The number of amides is 1. The summed E-state index contributed by atoms with van der Waals surface area (Å²) in [6.45, 7) is 4.51. The lowest BCUT2D eigenvalue weighted by Gasteiger charge is -2.25. The zero-order valence-corrected chi connectivity index (χ0v) is 22.6. The Labute approximate surface area is 229 Å². The molecular formula is C30H26ClN3O3S. The number of hydrogen-bond donors (Lipinski definition) is 1. The molecule has 1 N–H and O–H groups in total. The minimum absolute atomic E-state index is 0.211. The van der Waals surface area contributed by atoms with Gasteiger partial charge >= 0.3 is 0 Å². The Morgan fingerprint density at radius 2 is 1.79 bits per heavy atom. The minimum atomic E-state index is -0.654. The minimum Gasteiger partial charge on any atom is -0.494 e. The molecule has 3 aromatic carbocycles. The molecule has 8 heteroatoms. The third kappa shape index (κ3) is 5.35. The summed E-state index contributed by atoms with van der Waals surface area (Å²) < 4.78 is 7.80. The number of para-hydroxylation sites is 1. The summed E-state index contributed by atoms with van der Waals surface area (Å²) in [6, 6.07) is 23.4. The quantitative estimate of drug-likeness (QED) is 0.343. The topological polar surface area (TPSA) is 72.7 Å². The lowest BCUT2D eigenvalue weighted by Crippen LogP contribution is -2.40. The van der Waals surface area contributed by atoms with Crippen LogP contribution < -0.4 is 24.9 Å². The van der Waals surface area contributed by atoms with Crippen LogP contribution in [0.5, 0.6) is 5.75 Å². The highest BCUT2D eigenvalue weighted by Gasteiger charge is 2.32. The summed E-state index contributed by atoms with van der Waals surface area (Å²) >= 11 is 7.46. The number of halogens is 1. The van der Waals surface area contributed by atoms with Gasteiger partial charge in [-0.05, 0) is 66.9 Å². The molecule has 2 heterocycles. The second-order valence-corrected chi connectivity index (χ2v) is 10.3. The molecule has 0 saturated heterocycles. The number of allylic oxidation sites excluding steroid dienone is 1. The highest BCUT2D eigenvalue weighted by atomic mass is 35.5. The SMILES string of the molecule is CCCOc1ccc(/C=c2\sc3n(c2=O)[C@@H](c2ccc(Cl)cc2)C(C(=O)Nc2ccccc2)=C(C)N=3)cc1. The molecule has 1 amide bonds. The number of benzene rings is 3. The molecule has 1 atom stereocenters. The van der Waals surface area contributed by atoms with Crippen LogP contribution in [-0.4, -0.2) is 17.1 Å². The molecule has 0 aliphatic carbocycles. The predicted octanol–water partition coefficient (Wildman–Crippen LogP) is 5.32. The maximum absolute atomic E-state index is 13.8. The van der Waals surface area contributed by atoms with Crippen molar-refractivity contribution in [3.8, 4) is 5.75 Å². The van der Waals surface area contributed by atoms with Crippen LogP contribution in [0, 0.1) is 0 Å². The van der Waals surface area contributed by atoms with Crippen LogP contribution in [0.3, 0.4) is 0 Å². The number of ether oxygens (including phenoxy) is 1. The van der Waals surface area contributed by atoms with E-state index in [1.165, 1.54) is 11.3 Å². The van der Waals surface area contributed by atoms with Crippen LogP contribution in [0.15, 0.2) is 99.9 Å². The summed E-state index contributed by atoms with van der Waals surface area (Å²) in [4.78, 5) is 32.6. The van der Waals surface area contributed by atoms with E-state index in [1.807, 2.05) is 72.8 Å². The van der Waals surface area contributed by atoms with Crippen LogP contribution in [0.1, 0.15) is 37.4 Å². The van der Waals surface area contributed by atoms with Gasteiger partial charge in [0.05, 0.1) is 28.5 Å². The van der Waals surface area contributed by atoms with Crippen molar-refractivity contribution in [1.29, 1.82) is 0 Å². The molecule has 192 valence electrons. The number of nitrogens with zero attached hydrogens (tertiary/aromatic N) is 2. The molecule has 6 nitrogen and oxygen atoms in total. The van der Waals surface area contributed by atoms with Gasteiger partial charge in [0.1, 0.15) is 5.75 Å². The van der Waals surface area contributed by atoms with Gasteiger partial charge in [-0.25, -0.2) is 4.99 Å². The Hall–Kier alpha value is -3.94. The van der Waals surface area contributed by atoms with Crippen molar-refractivity contribution in [3.05, 3.63) is 126 Å². The molecule has 4 aromatic rings. The summed E-state index contributed by atoms with van der Waals surface area (Å²) in [7, 11) is 0. The number of carbonyl (C=O) groups excluding carboxylic acids is 1. The van der Waals surface area contributed by atoms with Gasteiger partial charge in [0.2, 0.25) is 0 Å². The first-order valence-corrected chi connectivity index (χ1v) is 13.5. The van der Waals surface area contributed by atoms with Crippen LogP contribution in [-0.2, 0) is 4.79 Å². The van der Waals surface area contributed by atoms with E-state index in [4.69, 9.17) is 16.3 Å². The first-order chi connectivity index (χ1) is 18.4. The molecule has 0 unspecified atom stereocenters. The molecule has 0 radical (unpaired) electrons. The van der Waals surface area contributed by atoms with Crippen molar-refractivity contribution in [2.24, 2.45) is 4.99 Å². The van der Waals surface area contributed by atoms with Crippen LogP contribution in [0.25, 0.3) is 6.08 Å². The monoisotopic (exact) mass is 543 g/mol. The second-order valence-electron chi connectivity index (χ2n) is 8.87. The van der Waals surface area contributed by atoms with Crippen molar-refractivity contribution >= 4 is 40.6 Å². The average molecular weight is 544 g/mol. The van der Waals surface area contributed by atoms with Crippen LogP contribution in [0.2, 0.25) is 5.02 Å². The van der Waals surface area contributed by atoms with E-state index < -0.39 is 6.04 Å². The molecule has 5 rings (SSSR count). The first kappa shape index (κ1) is 25.7. The molecule has 1 aliphatic rings. The Balaban J connectivity index is 1.60. The van der Waals surface area contributed by atoms with Crippen molar-refractivity contribution in [2.45, 2.75) is 26.3 Å². The zero-order chi connectivity index (χ0) is 26.6. The number of hydrogen-bond acceptors (Lipinski definition) is 5. The van der Waals surface area contributed by atoms with E-state index in [1.54, 1.807) is 23.6 Å². The Morgan fingerprint density at radius 3 is 2.47 bits per heavy atom. The number of fused-ring (bicyclic) bond motifs is 1. The standard InChI is InChI=1S/C30H26ClN3O3S/c1-3-17-37-24-15-9-20(10-16-24)18-25-29(36)34-27(21-11-13-22(31)14-12-21)26(19(2)32-30(34)38-25)28(35)33-23-7-5-4-6-8-23/h4-16,18,27H,3,17H2,1-2H3,(H,33,35)/b25-18-/t27-/m0/s1. The number of nitrogens with one attached hydrogen (secondary N) is 1. The van der Waals surface area contributed by atoms with Gasteiger partial charge in [-0.2, -0.15) is 0 Å². The molecule has 1 aromatic heterocycles. The fraction of sp³-hybridized carbons (Fsp3) is 0.167. The number of aromatic nitrogens is 1. The van der Waals surface area contributed by atoms with Crippen molar-refractivity contribution in [3.63, 3.8) is 0 Å². The summed E-state index contributed by atoms with van der Waals surface area (Å²) in [5, 5.41) is 3.53. The maximum atomic E-state index is 13.8. The third-order valence-electron chi connectivity index (χ3n) is 6.13. The van der Waals surface area contributed by atoms with Gasteiger partial charge in [-0.3, -0.25) is 14.2 Å². The largest absolute Gasteiger partial charge is 0.494 e. The van der Waals surface area contributed by atoms with E-state index in [9.17, 15) is 9.59 Å². The van der Waals surface area contributed by atoms with Gasteiger partial charge in [0.15, 0.2) is 4.80 Å². The highest BCUT2D eigenvalue weighted by molar-refractivity contribution is 7.07. The molecule has 0 fully saturated rings. The fourth-order valence-corrected chi connectivity index (χ4v) is 5.50. The molecule has 0 spiro atoms. The number of carbonyl (C=O) groups is 1. The maximum Gasteiger partial charge on any atom is 0.271 e. The fourth-order valence-electron chi connectivity index (χ4n) is 4.32. The molecule has 0 bridgehead atoms. The first-order valence-electron chi connectivity index (χ1n) is 12.3. The Morgan fingerprint density at radius 1 is 1.08 bits per heavy atom. The van der Waals surface area contributed by atoms with Gasteiger partial charge in [0.25, 0.3) is 11.5 Å². The third-order valence-corrected chi connectivity index (χ3v) is 7.37. The summed E-state index contributed by atoms with van der Waals surface area (Å²) in [5.74, 6) is 0.479. The van der Waals surface area contributed by atoms with Crippen LogP contribution in [0.4, 0.5) is 5.69 Å². The Bertz CT molecular complexity index is 1670. The lowest BCUT2D eigenvalue weighted by atomic mass is 9.95. The molecule has 0 saturated carbocycles. The van der Waals surface area contributed by atoms with E-state index >= 15 is 0 Å². The van der Waals surface area contributed by atoms with E-state index in [-0.39, 0.29) is 11.5 Å². The second kappa shape index (κ2) is 11.2. The number of rotatable bonds is 7. The van der Waals surface area contributed by atoms with Gasteiger partial charge in [0, 0.05) is 10.7 Å². The normalized spacial score (nSPS) is 15.1. The van der Waals surface area contributed by atoms with Crippen molar-refractivity contribution in [1.82, 2.24) is 4.57 Å². The van der Waals surface area contributed by atoms with E-state index in [0.717, 1.165) is 23.3 Å². The Kier molecular flexibility index (Phi) is 7.58. The average Bonchev–Trinajstić information content (AvgIpc) is 3.22. The van der Waals surface area contributed by atoms with E-state index in [0.29, 0.717) is 37.9 Å².